The second kappa shape index (κ2) is 6.62. The van der Waals surface area contributed by atoms with Crippen LogP contribution in [0.1, 0.15) is 39.9 Å². The largest absolute Gasteiger partial charge is 0.397 e. The van der Waals surface area contributed by atoms with E-state index in [-0.39, 0.29) is 24.1 Å². The number of anilines is 2. The van der Waals surface area contributed by atoms with Crippen molar-refractivity contribution in [2.45, 2.75) is 38.4 Å². The van der Waals surface area contributed by atoms with Crippen LogP contribution in [-0.4, -0.2) is 35.2 Å². The van der Waals surface area contributed by atoms with Crippen molar-refractivity contribution in [1.82, 2.24) is 10.2 Å². The fourth-order valence-corrected chi connectivity index (χ4v) is 4.64. The maximum absolute atomic E-state index is 13.0. The van der Waals surface area contributed by atoms with Crippen LogP contribution < -0.4 is 16.0 Å². The first-order valence-corrected chi connectivity index (χ1v) is 9.90. The van der Waals surface area contributed by atoms with Gasteiger partial charge >= 0.3 is 0 Å². The van der Waals surface area contributed by atoms with Crippen molar-refractivity contribution >= 4 is 29.1 Å². The molecule has 0 saturated carbocycles. The Morgan fingerprint density at radius 1 is 1.07 bits per heavy atom. The second-order valence-electron chi connectivity index (χ2n) is 7.92. The molecule has 3 aliphatic rings. The number of fused-ring (bicyclic) bond motifs is 2. The molecule has 0 radical (unpaired) electrons. The fraction of sp³-hybridized carbons (Fsp3) is 0.318. The Morgan fingerprint density at radius 3 is 2.76 bits per heavy atom. The summed E-state index contributed by atoms with van der Waals surface area (Å²) in [7, 11) is 0. The van der Waals surface area contributed by atoms with Crippen molar-refractivity contribution in [1.29, 1.82) is 0 Å². The zero-order valence-corrected chi connectivity index (χ0v) is 16.0. The molecular formula is C22H22N4O3. The minimum Gasteiger partial charge on any atom is -0.397 e. The van der Waals surface area contributed by atoms with Crippen LogP contribution in [-0.2, 0) is 29.1 Å². The molecule has 0 aromatic heterocycles. The molecule has 0 spiro atoms. The lowest BCUT2D eigenvalue weighted by Gasteiger charge is -2.29. The van der Waals surface area contributed by atoms with E-state index in [2.05, 4.69) is 16.3 Å². The van der Waals surface area contributed by atoms with Crippen LogP contribution in [0.3, 0.4) is 0 Å². The predicted octanol–water partition coefficient (Wildman–Crippen LogP) is 1.59. The number of para-hydroxylation sites is 1. The number of amides is 3. The number of carbonyl (C=O) groups excluding carboxylic acids is 3. The average molecular weight is 390 g/mol. The zero-order chi connectivity index (χ0) is 20.1. The molecule has 1 unspecified atom stereocenters. The first-order valence-electron chi connectivity index (χ1n) is 9.90. The van der Waals surface area contributed by atoms with E-state index in [1.54, 1.807) is 4.90 Å². The lowest BCUT2D eigenvalue weighted by molar-refractivity contribution is -0.136. The maximum atomic E-state index is 13.0. The molecule has 148 valence electrons. The normalized spacial score (nSPS) is 20.7. The number of rotatable bonds is 3. The molecule has 3 aliphatic heterocycles. The van der Waals surface area contributed by atoms with Crippen LogP contribution in [0.4, 0.5) is 11.4 Å². The van der Waals surface area contributed by atoms with E-state index in [0.717, 1.165) is 35.5 Å². The minimum atomic E-state index is -0.582. The van der Waals surface area contributed by atoms with Gasteiger partial charge in [-0.15, -0.1) is 0 Å². The number of nitrogens with zero attached hydrogens (tertiary/aromatic N) is 2. The zero-order valence-electron chi connectivity index (χ0n) is 16.0. The molecule has 2 aromatic carbocycles. The molecule has 2 aromatic rings. The molecule has 0 aliphatic carbocycles. The third kappa shape index (κ3) is 2.93. The van der Waals surface area contributed by atoms with Crippen LogP contribution in [0.5, 0.6) is 0 Å². The van der Waals surface area contributed by atoms with Gasteiger partial charge in [-0.1, -0.05) is 24.3 Å². The molecule has 3 heterocycles. The summed E-state index contributed by atoms with van der Waals surface area (Å²) in [5.74, 6) is -0.799. The number of nitrogen functional groups attached to an aromatic ring is 1. The predicted molar refractivity (Wildman–Crippen MR) is 108 cm³/mol. The van der Waals surface area contributed by atoms with E-state index in [1.165, 1.54) is 5.56 Å². The van der Waals surface area contributed by atoms with E-state index in [1.807, 2.05) is 30.3 Å². The third-order valence-electron chi connectivity index (χ3n) is 6.08. The molecular weight excluding hydrogens is 368 g/mol. The van der Waals surface area contributed by atoms with Gasteiger partial charge in [-0.2, -0.15) is 0 Å². The monoisotopic (exact) mass is 390 g/mol. The van der Waals surface area contributed by atoms with Crippen molar-refractivity contribution in [3.8, 4) is 0 Å². The van der Waals surface area contributed by atoms with Gasteiger partial charge in [0.25, 0.3) is 5.91 Å². The van der Waals surface area contributed by atoms with Gasteiger partial charge in [0.05, 0.1) is 11.4 Å². The summed E-state index contributed by atoms with van der Waals surface area (Å²) >= 11 is 0. The number of benzene rings is 2. The van der Waals surface area contributed by atoms with Crippen molar-refractivity contribution in [2.24, 2.45) is 0 Å². The van der Waals surface area contributed by atoms with Gasteiger partial charge in [-0.25, -0.2) is 0 Å². The van der Waals surface area contributed by atoms with E-state index in [0.29, 0.717) is 25.1 Å². The molecule has 7 nitrogen and oxygen atoms in total. The van der Waals surface area contributed by atoms with E-state index >= 15 is 0 Å². The molecule has 0 bridgehead atoms. The molecule has 1 fully saturated rings. The van der Waals surface area contributed by atoms with Crippen LogP contribution in [0.25, 0.3) is 0 Å². The lowest BCUT2D eigenvalue weighted by atomic mass is 10.0. The van der Waals surface area contributed by atoms with Gasteiger partial charge < -0.3 is 15.5 Å². The standard InChI is InChI=1S/C22H22N4O3/c23-17-3-1-2-14-8-9-25(20(14)17)11-13-4-5-15-12-26(22(29)16(15)10-13)18-6-7-19(27)24-21(18)28/h1-5,10,18H,6-9,11-12,23H2,(H,24,27,28). The topological polar surface area (TPSA) is 95.7 Å². The van der Waals surface area contributed by atoms with Gasteiger partial charge in [0.2, 0.25) is 11.8 Å². The Hall–Kier alpha value is -3.35. The molecule has 1 saturated heterocycles. The van der Waals surface area contributed by atoms with Crippen molar-refractivity contribution in [3.05, 3.63) is 58.7 Å². The molecule has 3 amide bonds. The molecule has 5 rings (SSSR count). The smallest absolute Gasteiger partial charge is 0.255 e. The van der Waals surface area contributed by atoms with Gasteiger partial charge in [0, 0.05) is 31.6 Å². The van der Waals surface area contributed by atoms with Crippen molar-refractivity contribution in [3.63, 3.8) is 0 Å². The summed E-state index contributed by atoms with van der Waals surface area (Å²) in [6.07, 6.45) is 1.60. The first kappa shape index (κ1) is 17.7. The highest BCUT2D eigenvalue weighted by Crippen LogP contribution is 2.35. The van der Waals surface area contributed by atoms with Crippen LogP contribution in [0, 0.1) is 0 Å². The van der Waals surface area contributed by atoms with Gasteiger partial charge in [0.1, 0.15) is 6.04 Å². The molecule has 29 heavy (non-hydrogen) atoms. The highest BCUT2D eigenvalue weighted by molar-refractivity contribution is 6.05. The minimum absolute atomic E-state index is 0.141. The summed E-state index contributed by atoms with van der Waals surface area (Å²) < 4.78 is 0. The Kier molecular flexibility index (Phi) is 4.04. The van der Waals surface area contributed by atoms with Gasteiger partial charge in [0.15, 0.2) is 0 Å². The van der Waals surface area contributed by atoms with Crippen LogP contribution in [0.15, 0.2) is 36.4 Å². The summed E-state index contributed by atoms with van der Waals surface area (Å²) in [6, 6.07) is 11.4. The van der Waals surface area contributed by atoms with Crippen LogP contribution in [0.2, 0.25) is 0 Å². The number of piperidine rings is 1. The number of hydrogen-bond acceptors (Lipinski definition) is 5. The summed E-state index contributed by atoms with van der Waals surface area (Å²) in [4.78, 5) is 40.4. The fourth-order valence-electron chi connectivity index (χ4n) is 4.64. The maximum Gasteiger partial charge on any atom is 0.255 e. The number of imide groups is 1. The summed E-state index contributed by atoms with van der Waals surface area (Å²) in [5, 5.41) is 2.34. The Labute approximate surface area is 168 Å². The lowest BCUT2D eigenvalue weighted by Crippen LogP contribution is -2.52. The second-order valence-corrected chi connectivity index (χ2v) is 7.92. The van der Waals surface area contributed by atoms with Gasteiger partial charge in [-0.3, -0.25) is 19.7 Å². The average Bonchev–Trinajstić information content (AvgIpc) is 3.25. The van der Waals surface area contributed by atoms with E-state index in [4.69, 9.17) is 5.73 Å². The SMILES string of the molecule is Nc1cccc2c1N(Cc1ccc3c(c1)C(=O)N(C1CCC(=O)NC1=O)C3)CC2. The summed E-state index contributed by atoms with van der Waals surface area (Å²) in [5.41, 5.74) is 11.9. The molecule has 7 heteroatoms. The van der Waals surface area contributed by atoms with Crippen molar-refractivity contribution < 1.29 is 14.4 Å². The molecule has 3 N–H and O–H groups in total. The van der Waals surface area contributed by atoms with Gasteiger partial charge in [-0.05, 0) is 41.7 Å². The molecule has 1 atom stereocenters. The number of hydrogen-bond donors (Lipinski definition) is 2. The van der Waals surface area contributed by atoms with Crippen LogP contribution >= 0.6 is 0 Å². The highest BCUT2D eigenvalue weighted by Gasteiger charge is 2.39. The Balaban J connectivity index is 1.37. The number of nitrogens with one attached hydrogen (secondary N) is 1. The van der Waals surface area contributed by atoms with Crippen molar-refractivity contribution in [2.75, 3.05) is 17.2 Å². The Bertz CT molecular complexity index is 1050. The summed E-state index contributed by atoms with van der Waals surface area (Å²) in [6.45, 7) is 1.98. The quantitative estimate of drug-likeness (QED) is 0.613. The first-order chi connectivity index (χ1) is 14.0. The number of nitrogens with two attached hydrogens (primary N) is 1. The van der Waals surface area contributed by atoms with E-state index in [9.17, 15) is 14.4 Å². The Morgan fingerprint density at radius 2 is 1.93 bits per heavy atom. The third-order valence-corrected chi connectivity index (χ3v) is 6.08. The number of carbonyl (C=O) groups is 3. The highest BCUT2D eigenvalue weighted by atomic mass is 16.2. The van der Waals surface area contributed by atoms with E-state index < -0.39 is 6.04 Å².